The van der Waals surface area contributed by atoms with Gasteiger partial charge in [0.25, 0.3) is 0 Å². The van der Waals surface area contributed by atoms with E-state index < -0.39 is 0 Å². The highest BCUT2D eigenvalue weighted by molar-refractivity contribution is 5.01. The Kier molecular flexibility index (Phi) is 1.47. The molecule has 1 aliphatic carbocycles. The number of rotatable bonds is 1. The van der Waals surface area contributed by atoms with E-state index in [0.717, 1.165) is 18.4 Å². The quantitative estimate of drug-likeness (QED) is 0.515. The molecule has 0 aromatic carbocycles. The van der Waals surface area contributed by atoms with Crippen LogP contribution in [0, 0.1) is 6.08 Å². The monoisotopic (exact) mass is 97.1 g/mol. The molecule has 0 aromatic rings. The lowest BCUT2D eigenvalue weighted by atomic mass is 10.2. The second kappa shape index (κ2) is 2.12. The Hall–Kier alpha value is -0.300. The van der Waals surface area contributed by atoms with Crippen molar-refractivity contribution in [3.8, 4) is 0 Å². The highest BCUT2D eigenvalue weighted by atomic mass is 16.3. The van der Waals surface area contributed by atoms with Gasteiger partial charge in [-0.1, -0.05) is 0 Å². The van der Waals surface area contributed by atoms with Gasteiger partial charge in [-0.3, -0.25) is 0 Å². The summed E-state index contributed by atoms with van der Waals surface area (Å²) in [7, 11) is 0. The Morgan fingerprint density at radius 1 is 1.71 bits per heavy atom. The smallest absolute Gasteiger partial charge is 0.0647 e. The van der Waals surface area contributed by atoms with Crippen molar-refractivity contribution in [2.24, 2.45) is 0 Å². The first-order valence-corrected chi connectivity index (χ1v) is 2.63. The lowest BCUT2D eigenvalue weighted by molar-refractivity contribution is 0.328. The van der Waals surface area contributed by atoms with E-state index >= 15 is 0 Å². The SMILES string of the molecule is OCC1=[C]CCC1. The standard InChI is InChI=1S/C6H9O/c7-5-6-3-1-2-4-6/h7H,1-3,5H2. The summed E-state index contributed by atoms with van der Waals surface area (Å²) in [6, 6.07) is 0. The van der Waals surface area contributed by atoms with Crippen LogP contribution in [0.4, 0.5) is 0 Å². The van der Waals surface area contributed by atoms with E-state index in [9.17, 15) is 0 Å². The highest BCUT2D eigenvalue weighted by Gasteiger charge is 2.00. The predicted octanol–water partition coefficient (Wildman–Crippen LogP) is 0.892. The summed E-state index contributed by atoms with van der Waals surface area (Å²) in [6.45, 7) is 0.222. The second-order valence-corrected chi connectivity index (χ2v) is 1.79. The van der Waals surface area contributed by atoms with Crippen LogP contribution in [0.2, 0.25) is 0 Å². The molecule has 1 nitrogen and oxygen atoms in total. The van der Waals surface area contributed by atoms with E-state index in [-0.39, 0.29) is 6.61 Å². The fourth-order valence-electron chi connectivity index (χ4n) is 0.790. The number of allylic oxidation sites excluding steroid dienone is 1. The molecular weight excluding hydrogens is 88.1 g/mol. The molecule has 1 heteroatoms. The van der Waals surface area contributed by atoms with Crippen molar-refractivity contribution < 1.29 is 5.11 Å². The van der Waals surface area contributed by atoms with E-state index in [1.807, 2.05) is 0 Å². The van der Waals surface area contributed by atoms with E-state index in [0.29, 0.717) is 0 Å². The summed E-state index contributed by atoms with van der Waals surface area (Å²) in [6.07, 6.45) is 6.38. The van der Waals surface area contributed by atoms with Crippen LogP contribution >= 0.6 is 0 Å². The molecule has 7 heavy (non-hydrogen) atoms. The highest BCUT2D eigenvalue weighted by Crippen LogP contribution is 2.14. The third kappa shape index (κ3) is 1.03. The van der Waals surface area contributed by atoms with Crippen molar-refractivity contribution in [1.29, 1.82) is 0 Å². The Morgan fingerprint density at radius 3 is 2.86 bits per heavy atom. The van der Waals surface area contributed by atoms with Crippen LogP contribution in [0.3, 0.4) is 0 Å². The Labute approximate surface area is 43.7 Å². The number of hydrogen-bond donors (Lipinski definition) is 1. The number of hydrogen-bond acceptors (Lipinski definition) is 1. The fraction of sp³-hybridized carbons (Fsp3) is 0.667. The van der Waals surface area contributed by atoms with Gasteiger partial charge in [0.15, 0.2) is 0 Å². The summed E-state index contributed by atoms with van der Waals surface area (Å²) in [5.74, 6) is 0. The van der Waals surface area contributed by atoms with Crippen molar-refractivity contribution in [3.63, 3.8) is 0 Å². The molecule has 0 unspecified atom stereocenters. The second-order valence-electron chi connectivity index (χ2n) is 1.79. The van der Waals surface area contributed by atoms with Crippen molar-refractivity contribution in [3.05, 3.63) is 11.6 Å². The summed E-state index contributed by atoms with van der Waals surface area (Å²) < 4.78 is 0. The zero-order chi connectivity index (χ0) is 5.11. The summed E-state index contributed by atoms with van der Waals surface area (Å²) >= 11 is 0. The van der Waals surface area contributed by atoms with Crippen LogP contribution in [0.5, 0.6) is 0 Å². The molecule has 0 fully saturated rings. The normalized spacial score (nSPS) is 19.9. The van der Waals surface area contributed by atoms with Gasteiger partial charge in [-0.05, 0) is 30.9 Å². The van der Waals surface area contributed by atoms with Crippen molar-refractivity contribution in [2.75, 3.05) is 6.61 Å². The van der Waals surface area contributed by atoms with Crippen LogP contribution in [-0.2, 0) is 0 Å². The molecule has 1 N–H and O–H groups in total. The molecule has 0 atom stereocenters. The molecule has 0 aromatic heterocycles. The third-order valence-electron chi connectivity index (χ3n) is 1.22. The molecule has 0 heterocycles. The van der Waals surface area contributed by atoms with Gasteiger partial charge in [0.2, 0.25) is 0 Å². The zero-order valence-electron chi connectivity index (χ0n) is 4.28. The van der Waals surface area contributed by atoms with Crippen LogP contribution in [-0.4, -0.2) is 11.7 Å². The van der Waals surface area contributed by atoms with Crippen LogP contribution in [0.15, 0.2) is 5.57 Å². The van der Waals surface area contributed by atoms with Gasteiger partial charge in [0.05, 0.1) is 6.61 Å². The Bertz CT molecular complexity index is 84.2. The maximum atomic E-state index is 8.47. The van der Waals surface area contributed by atoms with Crippen molar-refractivity contribution in [2.45, 2.75) is 19.3 Å². The lowest BCUT2D eigenvalue weighted by Gasteiger charge is -1.87. The maximum absolute atomic E-state index is 8.47. The minimum absolute atomic E-state index is 0.222. The number of aliphatic hydroxyl groups is 1. The van der Waals surface area contributed by atoms with Gasteiger partial charge in [0.1, 0.15) is 0 Å². The van der Waals surface area contributed by atoms with Crippen molar-refractivity contribution >= 4 is 0 Å². The van der Waals surface area contributed by atoms with E-state index in [1.165, 1.54) is 6.42 Å². The average molecular weight is 97.1 g/mol. The first-order valence-electron chi connectivity index (χ1n) is 2.63. The predicted molar refractivity (Wildman–Crippen MR) is 27.7 cm³/mol. The summed E-state index contributed by atoms with van der Waals surface area (Å²) in [4.78, 5) is 0. The Morgan fingerprint density at radius 2 is 2.57 bits per heavy atom. The molecule has 0 amide bonds. The molecular formula is C6H9O. The van der Waals surface area contributed by atoms with Crippen LogP contribution in [0.25, 0.3) is 0 Å². The minimum Gasteiger partial charge on any atom is -0.392 e. The summed E-state index contributed by atoms with van der Waals surface area (Å²) in [5, 5.41) is 8.47. The molecule has 1 radical (unpaired) electrons. The largest absolute Gasteiger partial charge is 0.392 e. The molecule has 1 aliphatic rings. The molecule has 0 spiro atoms. The van der Waals surface area contributed by atoms with Gasteiger partial charge >= 0.3 is 0 Å². The van der Waals surface area contributed by atoms with Gasteiger partial charge in [-0.15, -0.1) is 0 Å². The molecule has 0 bridgehead atoms. The Balaban J connectivity index is 2.36. The van der Waals surface area contributed by atoms with Gasteiger partial charge < -0.3 is 5.11 Å². The van der Waals surface area contributed by atoms with E-state index in [4.69, 9.17) is 5.11 Å². The van der Waals surface area contributed by atoms with Gasteiger partial charge in [-0.25, -0.2) is 0 Å². The third-order valence-corrected chi connectivity index (χ3v) is 1.22. The van der Waals surface area contributed by atoms with E-state index in [2.05, 4.69) is 6.08 Å². The first kappa shape index (κ1) is 4.85. The average Bonchev–Trinajstić information content (AvgIpc) is 2.14. The molecule has 39 valence electrons. The van der Waals surface area contributed by atoms with Gasteiger partial charge in [0, 0.05) is 0 Å². The maximum Gasteiger partial charge on any atom is 0.0647 e. The number of aliphatic hydroxyl groups excluding tert-OH is 1. The molecule has 0 saturated carbocycles. The lowest BCUT2D eigenvalue weighted by Crippen LogP contribution is -1.82. The summed E-state index contributed by atoms with van der Waals surface area (Å²) in [5.41, 5.74) is 1.10. The molecule has 1 rings (SSSR count). The van der Waals surface area contributed by atoms with Gasteiger partial charge in [-0.2, -0.15) is 0 Å². The minimum atomic E-state index is 0.222. The van der Waals surface area contributed by atoms with E-state index in [1.54, 1.807) is 0 Å². The first-order chi connectivity index (χ1) is 3.43. The fourth-order valence-corrected chi connectivity index (χ4v) is 0.790. The molecule has 0 aliphatic heterocycles. The van der Waals surface area contributed by atoms with Crippen LogP contribution in [0.1, 0.15) is 19.3 Å². The van der Waals surface area contributed by atoms with Crippen molar-refractivity contribution in [1.82, 2.24) is 0 Å². The van der Waals surface area contributed by atoms with Crippen LogP contribution < -0.4 is 0 Å². The molecule has 0 saturated heterocycles. The topological polar surface area (TPSA) is 20.2 Å². The zero-order valence-corrected chi connectivity index (χ0v) is 4.28.